The number of hydrogen-bond donors (Lipinski definition) is 2. The second kappa shape index (κ2) is 5.61. The van der Waals surface area contributed by atoms with Crippen molar-refractivity contribution in [3.63, 3.8) is 0 Å². The van der Waals surface area contributed by atoms with E-state index in [-0.39, 0.29) is 6.61 Å². The fourth-order valence-electron chi connectivity index (χ4n) is 1.77. The molecule has 2 rings (SSSR count). The minimum atomic E-state index is -0.888. The highest BCUT2D eigenvalue weighted by Gasteiger charge is 2.38. The van der Waals surface area contributed by atoms with Gasteiger partial charge in [-0.1, -0.05) is 30.3 Å². The standard InChI is InChI=1S/C12H15N3O3/c13-6-7-18-11-10(16)14-12(17)15(11)8-9-4-2-1-3-5-9/h1-5,11H,6-8,13H2,(H,14,16,17). The molecule has 96 valence electrons. The molecule has 1 saturated heterocycles. The molecule has 1 aromatic rings. The van der Waals surface area contributed by atoms with E-state index in [4.69, 9.17) is 10.5 Å². The molecule has 1 aliphatic heterocycles. The second-order valence-corrected chi connectivity index (χ2v) is 3.92. The van der Waals surface area contributed by atoms with E-state index in [1.165, 1.54) is 4.90 Å². The Balaban J connectivity index is 2.08. The molecule has 3 N–H and O–H groups in total. The second-order valence-electron chi connectivity index (χ2n) is 3.92. The fraction of sp³-hybridized carbons (Fsp3) is 0.333. The summed E-state index contributed by atoms with van der Waals surface area (Å²) < 4.78 is 5.29. The number of benzene rings is 1. The van der Waals surface area contributed by atoms with Crippen LogP contribution < -0.4 is 11.1 Å². The zero-order chi connectivity index (χ0) is 13.0. The number of urea groups is 1. The zero-order valence-corrected chi connectivity index (χ0v) is 9.83. The van der Waals surface area contributed by atoms with Gasteiger partial charge in [0.05, 0.1) is 13.2 Å². The van der Waals surface area contributed by atoms with Crippen LogP contribution in [0.1, 0.15) is 5.56 Å². The van der Waals surface area contributed by atoms with Crippen molar-refractivity contribution in [1.29, 1.82) is 0 Å². The Labute approximate surface area is 105 Å². The summed E-state index contributed by atoms with van der Waals surface area (Å²) in [7, 11) is 0. The van der Waals surface area contributed by atoms with Gasteiger partial charge in [-0.25, -0.2) is 4.79 Å². The molecule has 0 spiro atoms. The van der Waals surface area contributed by atoms with Crippen LogP contribution in [0.25, 0.3) is 0 Å². The van der Waals surface area contributed by atoms with Crippen LogP contribution in [0.5, 0.6) is 0 Å². The maximum absolute atomic E-state index is 11.6. The SMILES string of the molecule is NCCOC1C(=O)NC(=O)N1Cc1ccccc1. The molecule has 1 fully saturated rings. The van der Waals surface area contributed by atoms with Crippen molar-refractivity contribution in [2.24, 2.45) is 5.73 Å². The van der Waals surface area contributed by atoms with E-state index in [0.717, 1.165) is 5.56 Å². The van der Waals surface area contributed by atoms with E-state index in [1.54, 1.807) is 0 Å². The number of nitrogens with one attached hydrogen (secondary N) is 1. The van der Waals surface area contributed by atoms with Gasteiger partial charge in [-0.2, -0.15) is 0 Å². The third-order valence-corrected chi connectivity index (χ3v) is 2.59. The lowest BCUT2D eigenvalue weighted by Crippen LogP contribution is -2.37. The maximum Gasteiger partial charge on any atom is 0.326 e. The van der Waals surface area contributed by atoms with E-state index in [2.05, 4.69) is 5.32 Å². The van der Waals surface area contributed by atoms with Crippen molar-refractivity contribution in [3.8, 4) is 0 Å². The number of hydrogen-bond acceptors (Lipinski definition) is 4. The van der Waals surface area contributed by atoms with E-state index in [1.807, 2.05) is 30.3 Å². The van der Waals surface area contributed by atoms with Crippen LogP contribution in [0.2, 0.25) is 0 Å². The summed E-state index contributed by atoms with van der Waals surface area (Å²) in [5, 5.41) is 2.23. The van der Waals surface area contributed by atoms with Crippen molar-refractivity contribution >= 4 is 11.9 Å². The third kappa shape index (κ3) is 2.66. The number of carbonyl (C=O) groups excluding carboxylic acids is 2. The normalized spacial score (nSPS) is 19.2. The van der Waals surface area contributed by atoms with E-state index < -0.39 is 18.2 Å². The van der Waals surface area contributed by atoms with Crippen LogP contribution in [0.15, 0.2) is 30.3 Å². The smallest absolute Gasteiger partial charge is 0.326 e. The first-order valence-corrected chi connectivity index (χ1v) is 5.69. The van der Waals surface area contributed by atoms with Gasteiger partial charge in [0, 0.05) is 6.54 Å². The lowest BCUT2D eigenvalue weighted by molar-refractivity contribution is -0.135. The van der Waals surface area contributed by atoms with Crippen molar-refractivity contribution in [3.05, 3.63) is 35.9 Å². The Kier molecular flexibility index (Phi) is 3.91. The van der Waals surface area contributed by atoms with E-state index in [9.17, 15) is 9.59 Å². The monoisotopic (exact) mass is 249 g/mol. The molecule has 18 heavy (non-hydrogen) atoms. The summed E-state index contributed by atoms with van der Waals surface area (Å²) in [5.74, 6) is -0.440. The van der Waals surface area contributed by atoms with Crippen LogP contribution in [-0.4, -0.2) is 36.2 Å². The third-order valence-electron chi connectivity index (χ3n) is 2.59. The number of rotatable bonds is 5. The Morgan fingerprint density at radius 3 is 2.67 bits per heavy atom. The Hall–Kier alpha value is -1.92. The van der Waals surface area contributed by atoms with Gasteiger partial charge in [0.25, 0.3) is 5.91 Å². The summed E-state index contributed by atoms with van der Waals surface area (Å²) in [6.07, 6.45) is -0.888. The van der Waals surface area contributed by atoms with Crippen LogP contribution in [0.3, 0.4) is 0 Å². The van der Waals surface area contributed by atoms with Crippen LogP contribution >= 0.6 is 0 Å². The summed E-state index contributed by atoms with van der Waals surface area (Å²) in [6.45, 7) is 0.863. The summed E-state index contributed by atoms with van der Waals surface area (Å²) in [4.78, 5) is 24.6. The molecule has 1 unspecified atom stereocenters. The van der Waals surface area contributed by atoms with Crippen molar-refractivity contribution in [1.82, 2.24) is 10.2 Å². The number of imide groups is 1. The highest BCUT2D eigenvalue weighted by molar-refractivity contribution is 6.03. The summed E-state index contributed by atoms with van der Waals surface area (Å²) >= 11 is 0. The largest absolute Gasteiger partial charge is 0.348 e. The van der Waals surface area contributed by atoms with Gasteiger partial charge in [-0.15, -0.1) is 0 Å². The topological polar surface area (TPSA) is 84.7 Å². The number of nitrogens with zero attached hydrogens (tertiary/aromatic N) is 1. The molecule has 1 aromatic carbocycles. The molecule has 6 heteroatoms. The number of amides is 3. The van der Waals surface area contributed by atoms with Crippen LogP contribution in [0, 0.1) is 0 Å². The molecule has 0 aromatic heterocycles. The summed E-state index contributed by atoms with van der Waals surface area (Å²) in [6, 6.07) is 8.97. The summed E-state index contributed by atoms with van der Waals surface area (Å²) in [5.41, 5.74) is 6.26. The molecular weight excluding hydrogens is 234 g/mol. The molecule has 0 aliphatic carbocycles. The van der Waals surface area contributed by atoms with Crippen LogP contribution in [0.4, 0.5) is 4.79 Å². The molecule has 1 aliphatic rings. The molecule has 1 atom stereocenters. The Morgan fingerprint density at radius 2 is 2.00 bits per heavy atom. The quantitative estimate of drug-likeness (QED) is 0.721. The molecule has 3 amide bonds. The first kappa shape index (κ1) is 12.5. The maximum atomic E-state index is 11.6. The van der Waals surface area contributed by atoms with Gasteiger partial charge in [-0.3, -0.25) is 15.0 Å². The predicted molar refractivity (Wildman–Crippen MR) is 64.3 cm³/mol. The van der Waals surface area contributed by atoms with Gasteiger partial charge in [0.2, 0.25) is 6.23 Å². The Morgan fingerprint density at radius 1 is 1.28 bits per heavy atom. The van der Waals surface area contributed by atoms with E-state index in [0.29, 0.717) is 13.1 Å². The number of nitrogens with two attached hydrogens (primary N) is 1. The van der Waals surface area contributed by atoms with Crippen molar-refractivity contribution < 1.29 is 14.3 Å². The number of ether oxygens (including phenoxy) is 1. The minimum Gasteiger partial charge on any atom is -0.348 e. The first-order chi connectivity index (χ1) is 8.72. The first-order valence-electron chi connectivity index (χ1n) is 5.69. The Bertz CT molecular complexity index is 435. The average Bonchev–Trinajstić information content (AvgIpc) is 2.63. The molecular formula is C12H15N3O3. The molecule has 0 radical (unpaired) electrons. The fourth-order valence-corrected chi connectivity index (χ4v) is 1.77. The lowest BCUT2D eigenvalue weighted by Gasteiger charge is -2.21. The lowest BCUT2D eigenvalue weighted by atomic mass is 10.2. The van der Waals surface area contributed by atoms with Crippen LogP contribution in [-0.2, 0) is 16.1 Å². The average molecular weight is 249 g/mol. The van der Waals surface area contributed by atoms with E-state index >= 15 is 0 Å². The van der Waals surface area contributed by atoms with Gasteiger partial charge >= 0.3 is 6.03 Å². The van der Waals surface area contributed by atoms with Crippen molar-refractivity contribution in [2.45, 2.75) is 12.8 Å². The van der Waals surface area contributed by atoms with Crippen molar-refractivity contribution in [2.75, 3.05) is 13.2 Å². The van der Waals surface area contributed by atoms with Gasteiger partial charge in [-0.05, 0) is 5.56 Å². The van der Waals surface area contributed by atoms with Gasteiger partial charge in [0.15, 0.2) is 0 Å². The molecule has 6 nitrogen and oxygen atoms in total. The van der Waals surface area contributed by atoms with Gasteiger partial charge < -0.3 is 10.5 Å². The minimum absolute atomic E-state index is 0.233. The molecule has 0 bridgehead atoms. The highest BCUT2D eigenvalue weighted by atomic mass is 16.5. The highest BCUT2D eigenvalue weighted by Crippen LogP contribution is 2.14. The van der Waals surface area contributed by atoms with Gasteiger partial charge in [0.1, 0.15) is 0 Å². The number of carbonyl (C=O) groups is 2. The molecule has 1 heterocycles. The predicted octanol–water partition coefficient (Wildman–Crippen LogP) is 0.0398. The zero-order valence-electron chi connectivity index (χ0n) is 9.83. The molecule has 0 saturated carbocycles.